The van der Waals surface area contributed by atoms with Crippen LogP contribution in [0.5, 0.6) is 0 Å². The van der Waals surface area contributed by atoms with E-state index in [0.29, 0.717) is 5.82 Å². The van der Waals surface area contributed by atoms with Gasteiger partial charge < -0.3 is 10.6 Å². The van der Waals surface area contributed by atoms with Crippen LogP contribution in [0.1, 0.15) is 13.8 Å². The van der Waals surface area contributed by atoms with Gasteiger partial charge in [-0.1, -0.05) is 12.1 Å². The van der Waals surface area contributed by atoms with Crippen LogP contribution in [0.15, 0.2) is 30.3 Å². The first-order chi connectivity index (χ1) is 8.65. The number of aromatic nitrogens is 2. The molecule has 1 aromatic heterocycles. The van der Waals surface area contributed by atoms with Gasteiger partial charge in [0.25, 0.3) is 0 Å². The molecule has 18 heavy (non-hydrogen) atoms. The van der Waals surface area contributed by atoms with Gasteiger partial charge in [-0.2, -0.15) is 5.10 Å². The van der Waals surface area contributed by atoms with Crippen LogP contribution in [0.25, 0.3) is 11.3 Å². The average Bonchev–Trinajstić information content (AvgIpc) is 2.72. The summed E-state index contributed by atoms with van der Waals surface area (Å²) >= 11 is 0. The van der Waals surface area contributed by atoms with Gasteiger partial charge in [0.15, 0.2) is 0 Å². The maximum absolute atomic E-state index is 5.82. The van der Waals surface area contributed by atoms with Crippen LogP contribution in [0, 0.1) is 0 Å². The van der Waals surface area contributed by atoms with Crippen molar-refractivity contribution in [2.45, 2.75) is 13.8 Å². The van der Waals surface area contributed by atoms with E-state index in [1.165, 1.54) is 5.69 Å². The van der Waals surface area contributed by atoms with Crippen molar-refractivity contribution in [3.63, 3.8) is 0 Å². The predicted octanol–water partition coefficient (Wildman–Crippen LogP) is 2.52. The van der Waals surface area contributed by atoms with Gasteiger partial charge in [-0.25, -0.2) is 0 Å². The van der Waals surface area contributed by atoms with Gasteiger partial charge in [0.05, 0.1) is 5.69 Å². The maximum atomic E-state index is 5.82. The Kier molecular flexibility index (Phi) is 3.55. The molecule has 2 aromatic rings. The Morgan fingerprint density at radius 1 is 1.22 bits per heavy atom. The van der Waals surface area contributed by atoms with Crippen molar-refractivity contribution in [1.82, 2.24) is 9.78 Å². The molecule has 0 bridgehead atoms. The highest BCUT2D eigenvalue weighted by Gasteiger charge is 2.07. The lowest BCUT2D eigenvalue weighted by Crippen LogP contribution is -2.21. The molecular formula is C14H20N4. The molecular weight excluding hydrogens is 224 g/mol. The number of hydrogen-bond donors (Lipinski definition) is 1. The van der Waals surface area contributed by atoms with Crippen LogP contribution in [0.3, 0.4) is 0 Å². The van der Waals surface area contributed by atoms with Gasteiger partial charge in [-0.15, -0.1) is 0 Å². The van der Waals surface area contributed by atoms with Crippen molar-refractivity contribution in [2.24, 2.45) is 7.05 Å². The molecule has 0 spiro atoms. The Bertz CT molecular complexity index is 507. The molecule has 2 N–H and O–H groups in total. The first-order valence-electron chi connectivity index (χ1n) is 6.30. The zero-order chi connectivity index (χ0) is 13.1. The van der Waals surface area contributed by atoms with E-state index in [0.717, 1.165) is 24.3 Å². The summed E-state index contributed by atoms with van der Waals surface area (Å²) in [5, 5.41) is 4.41. The lowest BCUT2D eigenvalue weighted by Gasteiger charge is -2.21. The van der Waals surface area contributed by atoms with Crippen molar-refractivity contribution in [3.8, 4) is 11.3 Å². The number of nitrogen functional groups attached to an aromatic ring is 1. The normalized spacial score (nSPS) is 10.6. The second-order valence-electron chi connectivity index (χ2n) is 4.30. The Morgan fingerprint density at radius 3 is 2.50 bits per heavy atom. The average molecular weight is 244 g/mol. The van der Waals surface area contributed by atoms with E-state index in [1.807, 2.05) is 13.1 Å². The van der Waals surface area contributed by atoms with Crippen LogP contribution in [0.2, 0.25) is 0 Å². The summed E-state index contributed by atoms with van der Waals surface area (Å²) in [4.78, 5) is 2.32. The lowest BCUT2D eigenvalue weighted by molar-refractivity contribution is 0.782. The largest absolute Gasteiger partial charge is 0.384 e. The highest BCUT2D eigenvalue weighted by atomic mass is 15.3. The summed E-state index contributed by atoms with van der Waals surface area (Å²) in [5.41, 5.74) is 9.07. The standard InChI is InChI=1S/C14H20N4/c1-4-18(5-2)12-8-6-7-11(9-12)13-10-14(15)17(3)16-13/h6-10H,4-5,15H2,1-3H3. The van der Waals surface area contributed by atoms with Gasteiger partial charge in [0.1, 0.15) is 5.82 Å². The van der Waals surface area contributed by atoms with Gasteiger partial charge in [-0.3, -0.25) is 4.68 Å². The minimum atomic E-state index is 0.679. The maximum Gasteiger partial charge on any atom is 0.121 e. The van der Waals surface area contributed by atoms with Crippen LogP contribution < -0.4 is 10.6 Å². The van der Waals surface area contributed by atoms with E-state index in [2.05, 4.69) is 48.1 Å². The molecule has 0 radical (unpaired) electrons. The summed E-state index contributed by atoms with van der Waals surface area (Å²) in [5.74, 6) is 0.679. The van der Waals surface area contributed by atoms with E-state index in [1.54, 1.807) is 4.68 Å². The van der Waals surface area contributed by atoms with Crippen LogP contribution in [-0.2, 0) is 7.05 Å². The quantitative estimate of drug-likeness (QED) is 0.899. The molecule has 0 aliphatic carbocycles. The molecule has 0 fully saturated rings. The smallest absolute Gasteiger partial charge is 0.121 e. The highest BCUT2D eigenvalue weighted by Crippen LogP contribution is 2.24. The monoisotopic (exact) mass is 244 g/mol. The molecule has 2 rings (SSSR count). The Labute approximate surface area is 108 Å². The van der Waals surface area contributed by atoms with Crippen molar-refractivity contribution < 1.29 is 0 Å². The molecule has 0 aliphatic rings. The molecule has 0 saturated carbocycles. The molecule has 4 nitrogen and oxygen atoms in total. The minimum absolute atomic E-state index is 0.679. The fourth-order valence-electron chi connectivity index (χ4n) is 2.07. The number of rotatable bonds is 4. The molecule has 1 aromatic carbocycles. The van der Waals surface area contributed by atoms with Crippen molar-refractivity contribution in [3.05, 3.63) is 30.3 Å². The zero-order valence-corrected chi connectivity index (χ0v) is 11.2. The number of nitrogens with two attached hydrogens (primary N) is 1. The van der Waals surface area contributed by atoms with E-state index >= 15 is 0 Å². The SMILES string of the molecule is CCN(CC)c1cccc(-c2cc(N)n(C)n2)c1. The Hall–Kier alpha value is -1.97. The van der Waals surface area contributed by atoms with E-state index in [9.17, 15) is 0 Å². The molecule has 1 heterocycles. The Morgan fingerprint density at radius 2 is 1.94 bits per heavy atom. The molecule has 0 unspecified atom stereocenters. The van der Waals surface area contributed by atoms with E-state index < -0.39 is 0 Å². The topological polar surface area (TPSA) is 47.1 Å². The second-order valence-corrected chi connectivity index (χ2v) is 4.30. The predicted molar refractivity (Wildman–Crippen MR) is 76.6 cm³/mol. The van der Waals surface area contributed by atoms with Gasteiger partial charge in [0.2, 0.25) is 0 Å². The molecule has 96 valence electrons. The fourth-order valence-corrected chi connectivity index (χ4v) is 2.07. The zero-order valence-electron chi connectivity index (χ0n) is 11.2. The number of hydrogen-bond acceptors (Lipinski definition) is 3. The number of anilines is 2. The third kappa shape index (κ3) is 2.32. The van der Waals surface area contributed by atoms with Crippen molar-refractivity contribution in [1.29, 1.82) is 0 Å². The number of aryl methyl sites for hydroxylation is 1. The third-order valence-electron chi connectivity index (χ3n) is 3.19. The lowest BCUT2D eigenvalue weighted by atomic mass is 10.1. The highest BCUT2D eigenvalue weighted by molar-refractivity contribution is 5.67. The van der Waals surface area contributed by atoms with Gasteiger partial charge >= 0.3 is 0 Å². The number of benzene rings is 1. The Balaban J connectivity index is 2.37. The summed E-state index contributed by atoms with van der Waals surface area (Å²) in [6.07, 6.45) is 0. The molecule has 4 heteroatoms. The molecule has 0 aliphatic heterocycles. The summed E-state index contributed by atoms with van der Waals surface area (Å²) in [6, 6.07) is 10.3. The van der Waals surface area contributed by atoms with E-state index in [-0.39, 0.29) is 0 Å². The van der Waals surface area contributed by atoms with Crippen LogP contribution in [0.4, 0.5) is 11.5 Å². The van der Waals surface area contributed by atoms with Crippen LogP contribution in [-0.4, -0.2) is 22.9 Å². The first-order valence-corrected chi connectivity index (χ1v) is 6.30. The molecule has 0 atom stereocenters. The van der Waals surface area contributed by atoms with Crippen LogP contribution >= 0.6 is 0 Å². The molecule has 0 amide bonds. The van der Waals surface area contributed by atoms with Gasteiger partial charge in [-0.05, 0) is 26.0 Å². The van der Waals surface area contributed by atoms with Gasteiger partial charge in [0, 0.05) is 37.5 Å². The third-order valence-corrected chi connectivity index (χ3v) is 3.19. The summed E-state index contributed by atoms with van der Waals surface area (Å²) in [7, 11) is 1.85. The minimum Gasteiger partial charge on any atom is -0.384 e. The van der Waals surface area contributed by atoms with Crippen molar-refractivity contribution >= 4 is 11.5 Å². The number of nitrogens with zero attached hydrogens (tertiary/aromatic N) is 3. The summed E-state index contributed by atoms with van der Waals surface area (Å²) in [6.45, 7) is 6.33. The van der Waals surface area contributed by atoms with Crippen molar-refractivity contribution in [2.75, 3.05) is 23.7 Å². The first kappa shape index (κ1) is 12.5. The summed E-state index contributed by atoms with van der Waals surface area (Å²) < 4.78 is 1.69. The van der Waals surface area contributed by atoms with E-state index in [4.69, 9.17) is 5.73 Å². The molecule has 0 saturated heterocycles. The second kappa shape index (κ2) is 5.12. The fraction of sp³-hybridized carbons (Fsp3) is 0.357.